The molecule has 2 aromatic carbocycles. The van der Waals surface area contributed by atoms with Crippen LogP contribution in [0.5, 0.6) is 0 Å². The van der Waals surface area contributed by atoms with Gasteiger partial charge >= 0.3 is 23.9 Å². The summed E-state index contributed by atoms with van der Waals surface area (Å²) in [7, 11) is 0. The Balaban J connectivity index is 1.69. The zero-order valence-corrected chi connectivity index (χ0v) is 24.6. The molecule has 0 unspecified atom stereocenters. The first-order chi connectivity index (χ1) is 21.1. The highest BCUT2D eigenvalue weighted by atomic mass is 16.6. The van der Waals surface area contributed by atoms with Crippen LogP contribution in [0.15, 0.2) is 73.1 Å². The smallest absolute Gasteiger partial charge is 0.303 e. The molecule has 0 amide bonds. The Labute approximate surface area is 252 Å². The maximum atomic E-state index is 12.4. The summed E-state index contributed by atoms with van der Waals surface area (Å²) in [6, 6.07) is 18.6. The maximum absolute atomic E-state index is 12.4. The zero-order valence-electron chi connectivity index (χ0n) is 24.6. The molecule has 0 N–H and O–H groups in total. The van der Waals surface area contributed by atoms with Crippen molar-refractivity contribution < 1.29 is 38.1 Å². The third-order valence-electron chi connectivity index (χ3n) is 6.25. The summed E-state index contributed by atoms with van der Waals surface area (Å²) < 4.78 is 25.2. The number of carbonyl (C=O) groups is 4. The summed E-state index contributed by atoms with van der Waals surface area (Å²) in [6.07, 6.45) is -2.12. The van der Waals surface area contributed by atoms with Crippen molar-refractivity contribution in [3.63, 3.8) is 0 Å². The molecule has 230 valence electrons. The summed E-state index contributed by atoms with van der Waals surface area (Å²) in [5.41, 5.74) is 2.70. The number of hydrogen-bond acceptors (Lipinski definition) is 12. The predicted octanol–water partition coefficient (Wildman–Crippen LogP) is 2.63. The number of carbonyl (C=O) groups excluding carboxylic acids is 4. The van der Waals surface area contributed by atoms with Gasteiger partial charge in [-0.05, 0) is 0 Å². The van der Waals surface area contributed by atoms with Gasteiger partial charge in [-0.2, -0.15) is 0 Å². The van der Waals surface area contributed by atoms with E-state index in [2.05, 4.69) is 20.6 Å². The van der Waals surface area contributed by atoms with E-state index in [0.29, 0.717) is 11.4 Å². The van der Waals surface area contributed by atoms with Gasteiger partial charge in [-0.1, -0.05) is 71.1 Å². The molecule has 0 aliphatic carbocycles. The topological polar surface area (TPSA) is 167 Å². The quantitative estimate of drug-likeness (QED) is 0.162. The summed E-state index contributed by atoms with van der Waals surface area (Å²) in [4.78, 5) is 49.2. The third-order valence-corrected chi connectivity index (χ3v) is 6.25. The van der Waals surface area contributed by atoms with E-state index in [0.717, 1.165) is 25.0 Å². The minimum Gasteiger partial charge on any atom is -0.456 e. The number of rotatable bonds is 13. The second-order valence-electron chi connectivity index (χ2n) is 9.83. The molecule has 0 aliphatic heterocycles. The molecule has 0 saturated heterocycles. The number of benzene rings is 2. The van der Waals surface area contributed by atoms with Crippen LogP contribution in [0.4, 0.5) is 0 Å². The van der Waals surface area contributed by atoms with Crippen molar-refractivity contribution in [1.82, 2.24) is 30.0 Å². The monoisotopic (exact) mass is 604 g/mol. The summed E-state index contributed by atoms with van der Waals surface area (Å²) in [5, 5.41) is 16.6. The van der Waals surface area contributed by atoms with Gasteiger partial charge in [0, 0.05) is 38.8 Å². The average molecular weight is 605 g/mol. The van der Waals surface area contributed by atoms with Crippen molar-refractivity contribution in [1.29, 1.82) is 0 Å². The molecule has 0 fully saturated rings. The molecule has 2 aromatic heterocycles. The molecule has 0 spiro atoms. The lowest BCUT2D eigenvalue weighted by Crippen LogP contribution is -2.53. The predicted molar refractivity (Wildman–Crippen MR) is 153 cm³/mol. The fourth-order valence-corrected chi connectivity index (χ4v) is 4.56. The highest BCUT2D eigenvalue weighted by Gasteiger charge is 2.44. The van der Waals surface area contributed by atoms with Crippen molar-refractivity contribution in [2.24, 2.45) is 0 Å². The summed E-state index contributed by atoms with van der Waals surface area (Å²) in [5.74, 6) is -2.93. The lowest BCUT2D eigenvalue weighted by Gasteiger charge is -2.35. The van der Waals surface area contributed by atoms with E-state index in [-0.39, 0.29) is 13.1 Å². The summed E-state index contributed by atoms with van der Waals surface area (Å²) in [6.45, 7) is 4.36. The number of nitrogens with zero attached hydrogens (tertiary/aromatic N) is 6. The van der Waals surface area contributed by atoms with Gasteiger partial charge in [0.2, 0.25) is 0 Å². The van der Waals surface area contributed by atoms with Crippen LogP contribution in [0.3, 0.4) is 0 Å². The first-order valence-corrected chi connectivity index (χ1v) is 13.7. The van der Waals surface area contributed by atoms with E-state index in [1.807, 2.05) is 60.7 Å². The number of hydrogen-bond donors (Lipinski definition) is 0. The van der Waals surface area contributed by atoms with Crippen molar-refractivity contribution in [3.05, 3.63) is 73.1 Å². The van der Waals surface area contributed by atoms with Crippen LogP contribution >= 0.6 is 0 Å². The molecule has 4 rings (SSSR count). The van der Waals surface area contributed by atoms with Gasteiger partial charge in [0.1, 0.15) is 11.4 Å². The molecule has 0 saturated carbocycles. The van der Waals surface area contributed by atoms with Gasteiger partial charge in [0.05, 0.1) is 25.5 Å². The van der Waals surface area contributed by atoms with Crippen molar-refractivity contribution in [3.8, 4) is 22.5 Å². The van der Waals surface area contributed by atoms with Crippen molar-refractivity contribution in [2.45, 2.75) is 65.2 Å². The van der Waals surface area contributed by atoms with Gasteiger partial charge in [0.15, 0.2) is 24.4 Å². The fourth-order valence-electron chi connectivity index (χ4n) is 4.56. The molecule has 14 nitrogen and oxygen atoms in total. The number of esters is 4. The molecule has 44 heavy (non-hydrogen) atoms. The second kappa shape index (κ2) is 14.7. The Hall–Kier alpha value is -5.40. The van der Waals surface area contributed by atoms with Crippen LogP contribution in [-0.4, -0.2) is 78.3 Å². The molecular weight excluding hydrogens is 572 g/mol. The maximum Gasteiger partial charge on any atom is 0.303 e. The van der Waals surface area contributed by atoms with Crippen LogP contribution in [0.25, 0.3) is 22.5 Å². The second-order valence-corrected chi connectivity index (χ2v) is 9.83. The van der Waals surface area contributed by atoms with Crippen LogP contribution in [0.1, 0.15) is 27.7 Å². The third kappa shape index (κ3) is 8.80. The van der Waals surface area contributed by atoms with Crippen LogP contribution in [0.2, 0.25) is 0 Å². The molecule has 2 heterocycles. The SMILES string of the molecule is CC(=O)O[C@@H]([C@H](OC(C)=O)[C@@H](Cn1cc(-c2ccccc2)nn1)OC(C)=O)[C@@H](Cn1cc(-c2ccccc2)nn1)OC(C)=O. The van der Waals surface area contributed by atoms with Gasteiger partial charge in [0.25, 0.3) is 0 Å². The molecule has 0 bridgehead atoms. The lowest BCUT2D eigenvalue weighted by molar-refractivity contribution is -0.200. The molecule has 0 radical (unpaired) electrons. The fraction of sp³-hybridized carbons (Fsp3) is 0.333. The Bertz CT molecular complexity index is 1450. The molecule has 0 aliphatic rings. The first kappa shape index (κ1) is 31.5. The van der Waals surface area contributed by atoms with Gasteiger partial charge in [-0.25, -0.2) is 9.36 Å². The molecule has 4 atom stereocenters. The van der Waals surface area contributed by atoms with E-state index < -0.39 is 48.3 Å². The number of ether oxygens (including phenoxy) is 4. The molecule has 4 aromatic rings. The van der Waals surface area contributed by atoms with E-state index in [4.69, 9.17) is 18.9 Å². The Morgan fingerprint density at radius 1 is 0.568 bits per heavy atom. The summed E-state index contributed by atoms with van der Waals surface area (Å²) >= 11 is 0. The van der Waals surface area contributed by atoms with E-state index in [1.165, 1.54) is 23.2 Å². The Morgan fingerprint density at radius 2 is 0.909 bits per heavy atom. The first-order valence-electron chi connectivity index (χ1n) is 13.7. The van der Waals surface area contributed by atoms with Gasteiger partial charge < -0.3 is 18.9 Å². The van der Waals surface area contributed by atoms with E-state index in [1.54, 1.807) is 12.4 Å². The Morgan fingerprint density at radius 3 is 1.23 bits per heavy atom. The van der Waals surface area contributed by atoms with Crippen molar-refractivity contribution in [2.75, 3.05) is 0 Å². The minimum atomic E-state index is -1.44. The van der Waals surface area contributed by atoms with Crippen LogP contribution < -0.4 is 0 Å². The van der Waals surface area contributed by atoms with E-state index in [9.17, 15) is 19.2 Å². The van der Waals surface area contributed by atoms with Crippen LogP contribution in [-0.2, 0) is 51.2 Å². The van der Waals surface area contributed by atoms with Gasteiger partial charge in [-0.3, -0.25) is 19.2 Å². The highest BCUT2D eigenvalue weighted by Crippen LogP contribution is 2.23. The largest absolute Gasteiger partial charge is 0.456 e. The van der Waals surface area contributed by atoms with Crippen LogP contribution in [0, 0.1) is 0 Å². The highest BCUT2D eigenvalue weighted by molar-refractivity contribution is 5.69. The van der Waals surface area contributed by atoms with Gasteiger partial charge in [-0.15, -0.1) is 10.2 Å². The number of aromatic nitrogens is 6. The standard InChI is InChI=1S/C30H32N6O8/c1-19(37)41-27(17-35-15-25(31-33-35)23-11-7-5-8-12-23)29(43-21(3)39)30(44-22(4)40)28(42-20(2)38)18-36-16-26(32-34-36)24-13-9-6-10-14-24/h5-16,27-30H,17-18H2,1-4H3/t27-,28-,29-,30-/m1/s1. The molecular formula is C30H32N6O8. The Kier molecular flexibility index (Phi) is 10.5. The van der Waals surface area contributed by atoms with E-state index >= 15 is 0 Å². The minimum absolute atomic E-state index is 0.149. The normalized spacial score (nSPS) is 13.6. The molecule has 14 heteroatoms. The van der Waals surface area contributed by atoms with Crippen molar-refractivity contribution >= 4 is 23.9 Å². The zero-order chi connectivity index (χ0) is 31.6. The lowest BCUT2D eigenvalue weighted by atomic mass is 10.0. The average Bonchev–Trinajstić information content (AvgIpc) is 3.64.